The van der Waals surface area contributed by atoms with E-state index in [0.29, 0.717) is 24.2 Å². The molecule has 21 heavy (non-hydrogen) atoms. The van der Waals surface area contributed by atoms with E-state index in [0.717, 1.165) is 10.6 Å². The molecule has 2 amide bonds. The lowest BCUT2D eigenvalue weighted by Gasteiger charge is -2.07. The molecule has 0 aliphatic heterocycles. The van der Waals surface area contributed by atoms with Crippen LogP contribution in [-0.4, -0.2) is 18.4 Å². The van der Waals surface area contributed by atoms with Crippen molar-refractivity contribution in [2.75, 3.05) is 11.9 Å². The van der Waals surface area contributed by atoms with Crippen LogP contribution in [0, 0.1) is 0 Å². The molecule has 0 saturated carbocycles. The van der Waals surface area contributed by atoms with Crippen LogP contribution in [-0.2, 0) is 6.54 Å². The normalized spacial score (nSPS) is 10.1. The summed E-state index contributed by atoms with van der Waals surface area (Å²) in [6, 6.07) is 9.06. The molecule has 1 aromatic heterocycles. The highest BCUT2D eigenvalue weighted by Gasteiger charge is 2.06. The highest BCUT2D eigenvalue weighted by molar-refractivity contribution is 7.10. The van der Waals surface area contributed by atoms with Gasteiger partial charge in [-0.3, -0.25) is 9.59 Å². The van der Waals surface area contributed by atoms with Crippen LogP contribution in [0.25, 0.3) is 0 Å². The molecule has 5 nitrogen and oxygen atoms in total. The molecule has 0 radical (unpaired) electrons. The van der Waals surface area contributed by atoms with Crippen molar-refractivity contribution in [3.05, 3.63) is 51.7 Å². The first-order valence-electron chi connectivity index (χ1n) is 6.59. The number of carbonyl (C=O) groups is 2. The summed E-state index contributed by atoms with van der Waals surface area (Å²) in [5.74, 6) is -0.510. The van der Waals surface area contributed by atoms with Crippen molar-refractivity contribution >= 4 is 28.8 Å². The zero-order chi connectivity index (χ0) is 15.2. The molecule has 0 bridgehead atoms. The summed E-state index contributed by atoms with van der Waals surface area (Å²) < 4.78 is 0. The molecule has 0 atom stereocenters. The Balaban J connectivity index is 2.01. The van der Waals surface area contributed by atoms with Crippen LogP contribution in [0.15, 0.2) is 35.7 Å². The first kappa shape index (κ1) is 15.1. The monoisotopic (exact) mass is 303 g/mol. The summed E-state index contributed by atoms with van der Waals surface area (Å²) in [6.07, 6.45) is 0. The molecule has 4 N–H and O–H groups in total. The maximum Gasteiger partial charge on any atom is 0.251 e. The van der Waals surface area contributed by atoms with E-state index < -0.39 is 5.91 Å². The van der Waals surface area contributed by atoms with Gasteiger partial charge >= 0.3 is 0 Å². The van der Waals surface area contributed by atoms with Gasteiger partial charge in [0.25, 0.3) is 5.91 Å². The fourth-order valence-electron chi connectivity index (χ4n) is 1.82. The van der Waals surface area contributed by atoms with Crippen molar-refractivity contribution < 1.29 is 9.59 Å². The van der Waals surface area contributed by atoms with Gasteiger partial charge in [0.15, 0.2) is 0 Å². The Bertz CT molecular complexity index is 652. The van der Waals surface area contributed by atoms with Gasteiger partial charge in [-0.2, -0.15) is 0 Å². The molecular formula is C15H17N3O2S. The number of hydrogen-bond donors (Lipinski definition) is 3. The topological polar surface area (TPSA) is 84.2 Å². The van der Waals surface area contributed by atoms with Crippen molar-refractivity contribution in [2.24, 2.45) is 5.73 Å². The molecule has 0 aliphatic carbocycles. The summed E-state index contributed by atoms with van der Waals surface area (Å²) in [5.41, 5.74) is 7.21. The number of amides is 2. The highest BCUT2D eigenvalue weighted by Crippen LogP contribution is 2.17. The van der Waals surface area contributed by atoms with Gasteiger partial charge in [-0.25, -0.2) is 0 Å². The lowest BCUT2D eigenvalue weighted by Crippen LogP contribution is -2.22. The van der Waals surface area contributed by atoms with Gasteiger partial charge < -0.3 is 16.4 Å². The zero-order valence-electron chi connectivity index (χ0n) is 11.7. The van der Waals surface area contributed by atoms with Crippen molar-refractivity contribution in [3.8, 4) is 0 Å². The molecule has 110 valence electrons. The number of anilines is 1. The molecule has 0 unspecified atom stereocenters. The van der Waals surface area contributed by atoms with Gasteiger partial charge in [-0.15, -0.1) is 11.3 Å². The SMILES string of the molecule is CCNC(=O)c1cccc(NCc2cc(C(N)=O)cs2)c1. The summed E-state index contributed by atoms with van der Waals surface area (Å²) in [4.78, 5) is 23.8. The van der Waals surface area contributed by atoms with Crippen molar-refractivity contribution in [1.29, 1.82) is 0 Å². The molecule has 0 saturated heterocycles. The summed E-state index contributed by atoms with van der Waals surface area (Å²) in [5, 5.41) is 7.73. The first-order valence-corrected chi connectivity index (χ1v) is 7.47. The maximum absolute atomic E-state index is 11.8. The van der Waals surface area contributed by atoms with E-state index in [1.165, 1.54) is 11.3 Å². The van der Waals surface area contributed by atoms with E-state index in [2.05, 4.69) is 10.6 Å². The number of thiophene rings is 1. The fraction of sp³-hybridized carbons (Fsp3) is 0.200. The Labute approximate surface area is 127 Å². The second kappa shape index (κ2) is 6.90. The molecular weight excluding hydrogens is 286 g/mol. The number of nitrogens with one attached hydrogen (secondary N) is 2. The lowest BCUT2D eigenvalue weighted by atomic mass is 10.2. The van der Waals surface area contributed by atoms with E-state index in [4.69, 9.17) is 5.73 Å². The van der Waals surface area contributed by atoms with Crippen molar-refractivity contribution in [1.82, 2.24) is 5.32 Å². The molecule has 2 aromatic rings. The number of carbonyl (C=O) groups excluding carboxylic acids is 2. The Morgan fingerprint density at radius 3 is 2.71 bits per heavy atom. The van der Waals surface area contributed by atoms with Crippen LogP contribution >= 0.6 is 11.3 Å². The van der Waals surface area contributed by atoms with Crippen LogP contribution in [0.2, 0.25) is 0 Å². The molecule has 6 heteroatoms. The average molecular weight is 303 g/mol. The van der Waals surface area contributed by atoms with Crippen molar-refractivity contribution in [2.45, 2.75) is 13.5 Å². The van der Waals surface area contributed by atoms with E-state index in [-0.39, 0.29) is 5.91 Å². The maximum atomic E-state index is 11.8. The van der Waals surface area contributed by atoms with Gasteiger partial charge in [0, 0.05) is 34.6 Å². The molecule has 1 heterocycles. The average Bonchev–Trinajstić information content (AvgIpc) is 2.95. The van der Waals surface area contributed by atoms with Gasteiger partial charge in [0.1, 0.15) is 0 Å². The minimum Gasteiger partial charge on any atom is -0.380 e. The molecule has 2 rings (SSSR count). The number of rotatable bonds is 6. The van der Waals surface area contributed by atoms with E-state index >= 15 is 0 Å². The van der Waals surface area contributed by atoms with E-state index in [1.807, 2.05) is 19.1 Å². The fourth-order valence-corrected chi connectivity index (χ4v) is 2.64. The lowest BCUT2D eigenvalue weighted by molar-refractivity contribution is 0.0954. The Kier molecular flexibility index (Phi) is 4.94. The standard InChI is InChI=1S/C15H17N3O2S/c1-2-17-15(20)10-4-3-5-12(6-10)18-8-13-7-11(9-21-13)14(16)19/h3-7,9,18H,2,8H2,1H3,(H2,16,19)(H,17,20). The third kappa shape index (κ3) is 4.06. The van der Waals surface area contributed by atoms with Crippen molar-refractivity contribution in [3.63, 3.8) is 0 Å². The van der Waals surface area contributed by atoms with Crippen LogP contribution < -0.4 is 16.4 Å². The number of benzene rings is 1. The molecule has 0 spiro atoms. The zero-order valence-corrected chi connectivity index (χ0v) is 12.5. The Morgan fingerprint density at radius 2 is 2.05 bits per heavy atom. The van der Waals surface area contributed by atoms with Crippen LogP contribution in [0.1, 0.15) is 32.5 Å². The summed E-state index contributed by atoms with van der Waals surface area (Å²) in [7, 11) is 0. The predicted molar refractivity (Wildman–Crippen MR) is 84.6 cm³/mol. The van der Waals surface area contributed by atoms with Crippen LogP contribution in [0.3, 0.4) is 0 Å². The number of hydrogen-bond acceptors (Lipinski definition) is 4. The number of nitrogens with two attached hydrogens (primary N) is 1. The second-order valence-electron chi connectivity index (χ2n) is 4.46. The van der Waals surface area contributed by atoms with E-state index in [1.54, 1.807) is 23.6 Å². The quantitative estimate of drug-likeness (QED) is 0.765. The predicted octanol–water partition coefficient (Wildman–Crippen LogP) is 2.21. The third-order valence-electron chi connectivity index (χ3n) is 2.87. The highest BCUT2D eigenvalue weighted by atomic mass is 32.1. The second-order valence-corrected chi connectivity index (χ2v) is 5.46. The molecule has 0 aliphatic rings. The number of primary amides is 1. The first-order chi connectivity index (χ1) is 10.1. The summed E-state index contributed by atoms with van der Waals surface area (Å²) >= 11 is 1.47. The van der Waals surface area contributed by atoms with Crippen LogP contribution in [0.5, 0.6) is 0 Å². The van der Waals surface area contributed by atoms with Gasteiger partial charge in [-0.05, 0) is 31.2 Å². The Hall–Kier alpha value is -2.34. The smallest absolute Gasteiger partial charge is 0.251 e. The van der Waals surface area contributed by atoms with Crippen LogP contribution in [0.4, 0.5) is 5.69 Å². The van der Waals surface area contributed by atoms with Gasteiger partial charge in [-0.1, -0.05) is 6.07 Å². The van der Waals surface area contributed by atoms with Gasteiger partial charge in [0.05, 0.1) is 5.56 Å². The minimum absolute atomic E-state index is 0.0895. The largest absolute Gasteiger partial charge is 0.380 e. The molecule has 1 aromatic carbocycles. The van der Waals surface area contributed by atoms with Gasteiger partial charge in [0.2, 0.25) is 5.91 Å². The third-order valence-corrected chi connectivity index (χ3v) is 3.80. The van der Waals surface area contributed by atoms with E-state index in [9.17, 15) is 9.59 Å². The minimum atomic E-state index is -0.421. The molecule has 0 fully saturated rings. The Morgan fingerprint density at radius 1 is 1.24 bits per heavy atom. The summed E-state index contributed by atoms with van der Waals surface area (Å²) in [6.45, 7) is 3.06.